The standard InChI is InChI=1S/C5H11FN2/c1-4(6)5(7-2)8-3/h4H,1-3H3,(H,7,8). The Labute approximate surface area is 48.8 Å². The summed E-state index contributed by atoms with van der Waals surface area (Å²) in [5.41, 5.74) is 0. The lowest BCUT2D eigenvalue weighted by Gasteiger charge is -2.02. The predicted molar refractivity (Wildman–Crippen MR) is 33.0 cm³/mol. The molecule has 1 unspecified atom stereocenters. The highest BCUT2D eigenvalue weighted by Crippen LogP contribution is 1.87. The third kappa shape index (κ3) is 1.91. The van der Waals surface area contributed by atoms with Crippen LogP contribution in [0.2, 0.25) is 0 Å². The van der Waals surface area contributed by atoms with Crippen LogP contribution >= 0.6 is 0 Å². The lowest BCUT2D eigenvalue weighted by molar-refractivity contribution is 0.447. The molecule has 0 aromatic rings. The molecule has 2 nitrogen and oxygen atoms in total. The van der Waals surface area contributed by atoms with Gasteiger partial charge in [-0.25, -0.2) is 4.39 Å². The van der Waals surface area contributed by atoms with Crippen molar-refractivity contribution in [3.63, 3.8) is 0 Å². The van der Waals surface area contributed by atoms with Crippen LogP contribution in [0.5, 0.6) is 0 Å². The molecule has 0 aliphatic heterocycles. The first-order valence-corrected chi connectivity index (χ1v) is 2.51. The van der Waals surface area contributed by atoms with E-state index in [0.717, 1.165) is 0 Å². The fourth-order valence-electron chi connectivity index (χ4n) is 0.489. The second-order valence-corrected chi connectivity index (χ2v) is 1.47. The van der Waals surface area contributed by atoms with Crippen molar-refractivity contribution in [2.24, 2.45) is 4.99 Å². The monoisotopic (exact) mass is 118 g/mol. The number of hydrogen-bond acceptors (Lipinski definition) is 1. The zero-order valence-electron chi connectivity index (χ0n) is 5.40. The van der Waals surface area contributed by atoms with Crippen LogP contribution in [0.4, 0.5) is 4.39 Å². The third-order valence-corrected chi connectivity index (χ3v) is 0.874. The first kappa shape index (κ1) is 7.40. The Hall–Kier alpha value is -0.600. The third-order valence-electron chi connectivity index (χ3n) is 0.874. The van der Waals surface area contributed by atoms with Crippen molar-refractivity contribution in [1.82, 2.24) is 5.32 Å². The van der Waals surface area contributed by atoms with E-state index >= 15 is 0 Å². The molecule has 0 amide bonds. The molecule has 1 atom stereocenters. The minimum atomic E-state index is -0.981. The molecule has 0 rings (SSSR count). The Bertz CT molecular complexity index is 88.4. The van der Waals surface area contributed by atoms with Crippen LogP contribution in [-0.4, -0.2) is 26.1 Å². The van der Waals surface area contributed by atoms with Crippen LogP contribution in [0, 0.1) is 0 Å². The Morgan fingerprint density at radius 1 is 1.75 bits per heavy atom. The van der Waals surface area contributed by atoms with E-state index in [2.05, 4.69) is 10.3 Å². The van der Waals surface area contributed by atoms with E-state index in [-0.39, 0.29) is 0 Å². The molecule has 0 saturated heterocycles. The number of hydrogen-bond donors (Lipinski definition) is 1. The molecule has 0 aromatic carbocycles. The SMILES string of the molecule is CN=C(NC)C(C)F. The van der Waals surface area contributed by atoms with Gasteiger partial charge >= 0.3 is 0 Å². The zero-order valence-corrected chi connectivity index (χ0v) is 5.40. The van der Waals surface area contributed by atoms with E-state index < -0.39 is 6.17 Å². The molecule has 48 valence electrons. The smallest absolute Gasteiger partial charge is 0.154 e. The highest BCUT2D eigenvalue weighted by atomic mass is 19.1. The van der Waals surface area contributed by atoms with E-state index in [4.69, 9.17) is 0 Å². The molecular weight excluding hydrogens is 107 g/mol. The summed E-state index contributed by atoms with van der Waals surface area (Å²) in [6.07, 6.45) is -0.981. The van der Waals surface area contributed by atoms with Crippen molar-refractivity contribution < 1.29 is 4.39 Å². The molecular formula is C5H11FN2. The Kier molecular flexibility index (Phi) is 3.15. The van der Waals surface area contributed by atoms with Gasteiger partial charge in [0, 0.05) is 14.1 Å². The summed E-state index contributed by atoms with van der Waals surface area (Å²) in [6.45, 7) is 1.44. The number of nitrogens with zero attached hydrogens (tertiary/aromatic N) is 1. The first-order valence-electron chi connectivity index (χ1n) is 2.51. The van der Waals surface area contributed by atoms with Gasteiger partial charge in [-0.1, -0.05) is 0 Å². The fourth-order valence-corrected chi connectivity index (χ4v) is 0.489. The number of alkyl halides is 1. The molecule has 0 bridgehead atoms. The number of amidine groups is 1. The average molecular weight is 118 g/mol. The molecule has 0 aliphatic rings. The molecule has 8 heavy (non-hydrogen) atoms. The summed E-state index contributed by atoms with van der Waals surface area (Å²) < 4.78 is 12.2. The van der Waals surface area contributed by atoms with E-state index in [0.29, 0.717) is 5.84 Å². The molecule has 1 N–H and O–H groups in total. The van der Waals surface area contributed by atoms with Gasteiger partial charge in [-0.15, -0.1) is 0 Å². The zero-order chi connectivity index (χ0) is 6.57. The van der Waals surface area contributed by atoms with Crippen molar-refractivity contribution in [2.75, 3.05) is 14.1 Å². The topological polar surface area (TPSA) is 24.4 Å². The predicted octanol–water partition coefficient (Wildman–Crippen LogP) is 0.592. The molecule has 0 fully saturated rings. The van der Waals surface area contributed by atoms with Gasteiger partial charge < -0.3 is 5.32 Å². The number of nitrogens with one attached hydrogen (secondary N) is 1. The minimum absolute atomic E-state index is 0.394. The first-order chi connectivity index (χ1) is 3.72. The lowest BCUT2D eigenvalue weighted by atomic mass is 10.4. The second-order valence-electron chi connectivity index (χ2n) is 1.47. The highest BCUT2D eigenvalue weighted by molar-refractivity contribution is 5.85. The molecule has 0 heterocycles. The van der Waals surface area contributed by atoms with Crippen molar-refractivity contribution in [3.05, 3.63) is 0 Å². The van der Waals surface area contributed by atoms with Gasteiger partial charge in [0.2, 0.25) is 0 Å². The maximum absolute atomic E-state index is 12.2. The summed E-state index contributed by atoms with van der Waals surface area (Å²) in [7, 11) is 3.21. The van der Waals surface area contributed by atoms with Crippen molar-refractivity contribution in [1.29, 1.82) is 0 Å². The number of aliphatic imine (C=N–C) groups is 1. The van der Waals surface area contributed by atoms with Crippen molar-refractivity contribution in [3.8, 4) is 0 Å². The number of halogens is 1. The molecule has 0 aliphatic carbocycles. The average Bonchev–Trinajstić information content (AvgIpc) is 1.69. The summed E-state index contributed by atoms with van der Waals surface area (Å²) in [4.78, 5) is 3.64. The van der Waals surface area contributed by atoms with Crippen LogP contribution in [0.15, 0.2) is 4.99 Å². The minimum Gasteiger partial charge on any atom is -0.374 e. The molecule has 0 aromatic heterocycles. The maximum Gasteiger partial charge on any atom is 0.154 e. The van der Waals surface area contributed by atoms with Gasteiger partial charge in [-0.3, -0.25) is 4.99 Å². The molecule has 0 spiro atoms. The summed E-state index contributed by atoms with van der Waals surface area (Å²) >= 11 is 0. The van der Waals surface area contributed by atoms with Gasteiger partial charge in [0.05, 0.1) is 0 Å². The van der Waals surface area contributed by atoms with Crippen LogP contribution in [0.1, 0.15) is 6.92 Å². The summed E-state index contributed by atoms with van der Waals surface area (Å²) in [5, 5.41) is 2.63. The summed E-state index contributed by atoms with van der Waals surface area (Å²) in [6, 6.07) is 0. The highest BCUT2D eigenvalue weighted by Gasteiger charge is 2.02. The van der Waals surface area contributed by atoms with Crippen molar-refractivity contribution in [2.45, 2.75) is 13.1 Å². The molecule has 0 saturated carbocycles. The van der Waals surface area contributed by atoms with Crippen LogP contribution in [-0.2, 0) is 0 Å². The van der Waals surface area contributed by atoms with Crippen LogP contribution in [0.25, 0.3) is 0 Å². The maximum atomic E-state index is 12.2. The van der Waals surface area contributed by atoms with Gasteiger partial charge in [0.15, 0.2) is 6.17 Å². The van der Waals surface area contributed by atoms with Crippen molar-refractivity contribution >= 4 is 5.84 Å². The quantitative estimate of drug-likeness (QED) is 0.395. The lowest BCUT2D eigenvalue weighted by Crippen LogP contribution is -2.26. The second kappa shape index (κ2) is 3.41. The van der Waals surface area contributed by atoms with E-state index in [1.54, 1.807) is 14.1 Å². The Balaban J connectivity index is 3.72. The van der Waals surface area contributed by atoms with Gasteiger partial charge in [-0.05, 0) is 6.92 Å². The summed E-state index contributed by atoms with van der Waals surface area (Å²) in [5.74, 6) is 0.394. The van der Waals surface area contributed by atoms with E-state index in [1.165, 1.54) is 6.92 Å². The number of rotatable bonds is 1. The van der Waals surface area contributed by atoms with Crippen LogP contribution in [0.3, 0.4) is 0 Å². The Morgan fingerprint density at radius 3 is 2.25 bits per heavy atom. The Morgan fingerprint density at radius 2 is 2.25 bits per heavy atom. The van der Waals surface area contributed by atoms with E-state index in [1.807, 2.05) is 0 Å². The largest absolute Gasteiger partial charge is 0.374 e. The molecule has 3 heteroatoms. The fraction of sp³-hybridized carbons (Fsp3) is 0.800. The normalized spacial score (nSPS) is 15.8. The van der Waals surface area contributed by atoms with Gasteiger partial charge in [0.1, 0.15) is 5.84 Å². The van der Waals surface area contributed by atoms with Crippen LogP contribution < -0.4 is 5.32 Å². The van der Waals surface area contributed by atoms with Gasteiger partial charge in [0.25, 0.3) is 0 Å². The molecule has 0 radical (unpaired) electrons. The van der Waals surface area contributed by atoms with E-state index in [9.17, 15) is 4.39 Å². The van der Waals surface area contributed by atoms with Gasteiger partial charge in [-0.2, -0.15) is 0 Å².